The molecule has 1 aromatic heterocycles. The lowest BCUT2D eigenvalue weighted by Crippen LogP contribution is -2.49. The first-order valence-corrected chi connectivity index (χ1v) is 17.0. The van der Waals surface area contributed by atoms with Crippen LogP contribution >= 0.6 is 0 Å². The number of benzene rings is 1. The van der Waals surface area contributed by atoms with Crippen LogP contribution in [0.5, 0.6) is 0 Å². The van der Waals surface area contributed by atoms with Crippen molar-refractivity contribution in [3.05, 3.63) is 35.5 Å². The van der Waals surface area contributed by atoms with Gasteiger partial charge in [-0.3, -0.25) is 0 Å². The smallest absolute Gasteiger partial charge is 0.413 e. The van der Waals surface area contributed by atoms with Crippen LogP contribution in [0.3, 0.4) is 0 Å². The third-order valence-corrected chi connectivity index (χ3v) is 12.6. The molecule has 2 atom stereocenters. The summed E-state index contributed by atoms with van der Waals surface area (Å²) in [5.74, 6) is 1.04. The Morgan fingerprint density at radius 2 is 1.95 bits per heavy atom. The first-order chi connectivity index (χ1) is 18.8. The molecule has 9 nitrogen and oxygen atoms in total. The SMILES string of the molecule is Cc1cnc(Nc2ccc(B3OCC(C)(C)CO3)c(CO[Si](C)(C)C(C)(C)C)c2)nc1N[C@H]1COCCC1C#N. The molecule has 0 radical (unpaired) electrons. The molecule has 2 aliphatic rings. The predicted molar refractivity (Wildman–Crippen MR) is 162 cm³/mol. The predicted octanol–water partition coefficient (Wildman–Crippen LogP) is 5.16. The van der Waals surface area contributed by atoms with E-state index in [1.807, 2.05) is 19.1 Å². The molecule has 1 unspecified atom stereocenters. The summed E-state index contributed by atoms with van der Waals surface area (Å²) in [6, 6.07) is 8.39. The summed E-state index contributed by atoms with van der Waals surface area (Å²) in [5, 5.41) is 16.4. The first kappa shape index (κ1) is 30.5. The topological polar surface area (TPSA) is 111 Å². The summed E-state index contributed by atoms with van der Waals surface area (Å²) in [6.07, 6.45) is 2.49. The second kappa shape index (κ2) is 12.2. The molecule has 0 spiro atoms. The number of rotatable bonds is 8. The molecule has 3 heterocycles. The minimum absolute atomic E-state index is 0.0126. The maximum Gasteiger partial charge on any atom is 0.494 e. The number of anilines is 3. The van der Waals surface area contributed by atoms with Gasteiger partial charge in [0.2, 0.25) is 5.95 Å². The van der Waals surface area contributed by atoms with Crippen molar-refractivity contribution < 1.29 is 18.5 Å². The summed E-state index contributed by atoms with van der Waals surface area (Å²) < 4.78 is 24.5. The number of nitrogens with one attached hydrogen (secondary N) is 2. The second-order valence-electron chi connectivity index (χ2n) is 13.3. The average Bonchev–Trinajstić information content (AvgIpc) is 2.89. The third kappa shape index (κ3) is 7.42. The molecular weight excluding hydrogens is 521 g/mol. The van der Waals surface area contributed by atoms with Crippen molar-refractivity contribution >= 4 is 38.4 Å². The third-order valence-electron chi connectivity index (χ3n) is 8.11. The highest BCUT2D eigenvalue weighted by Gasteiger charge is 2.39. The number of aromatic nitrogens is 2. The van der Waals surface area contributed by atoms with Crippen molar-refractivity contribution in [1.29, 1.82) is 5.26 Å². The van der Waals surface area contributed by atoms with Gasteiger partial charge in [-0.05, 0) is 54.6 Å². The molecule has 0 bridgehead atoms. The standard InChI is InChI=1S/C29H44BN5O4Si/c1-20-15-32-27(35-26(20)34-25-17-36-12-11-21(25)14-31)33-23-9-10-24(30-37-18-29(5,6)19-38-30)22(13-23)16-39-40(7,8)28(2,3)4/h9-10,13,15,21,25H,11-12,16-19H2,1-8H3,(H2,32,33,34,35)/t21?,25-/m0/s1. The summed E-state index contributed by atoms with van der Waals surface area (Å²) >= 11 is 0. The monoisotopic (exact) mass is 565 g/mol. The van der Waals surface area contributed by atoms with Crippen molar-refractivity contribution in [2.45, 2.75) is 78.7 Å². The molecule has 2 N–H and O–H groups in total. The normalized spacial score (nSPS) is 21.5. The van der Waals surface area contributed by atoms with E-state index in [0.29, 0.717) is 51.2 Å². The summed E-state index contributed by atoms with van der Waals surface area (Å²) in [7, 11) is -2.42. The highest BCUT2D eigenvalue weighted by molar-refractivity contribution is 6.74. The zero-order valence-electron chi connectivity index (χ0n) is 25.3. The molecule has 2 saturated heterocycles. The Hall–Kier alpha value is -2.49. The largest absolute Gasteiger partial charge is 0.494 e. The van der Waals surface area contributed by atoms with Crippen LogP contribution in [-0.4, -0.2) is 57.9 Å². The van der Waals surface area contributed by atoms with Gasteiger partial charge in [0.1, 0.15) is 5.82 Å². The maximum atomic E-state index is 9.55. The minimum Gasteiger partial charge on any atom is -0.413 e. The molecule has 40 heavy (non-hydrogen) atoms. The Bertz CT molecular complexity index is 1220. The minimum atomic E-state index is -1.99. The summed E-state index contributed by atoms with van der Waals surface area (Å²) in [4.78, 5) is 9.24. The quantitative estimate of drug-likeness (QED) is 0.420. The van der Waals surface area contributed by atoms with Gasteiger partial charge in [-0.15, -0.1) is 0 Å². The number of hydrogen-bond donors (Lipinski definition) is 2. The van der Waals surface area contributed by atoms with E-state index in [-0.39, 0.29) is 22.4 Å². The van der Waals surface area contributed by atoms with E-state index in [2.05, 4.69) is 75.5 Å². The van der Waals surface area contributed by atoms with Gasteiger partial charge in [0, 0.05) is 42.7 Å². The molecule has 2 aromatic rings. The zero-order valence-corrected chi connectivity index (χ0v) is 26.3. The highest BCUT2D eigenvalue weighted by Crippen LogP contribution is 2.37. The van der Waals surface area contributed by atoms with E-state index in [0.717, 1.165) is 22.3 Å². The molecule has 216 valence electrons. The van der Waals surface area contributed by atoms with E-state index in [1.165, 1.54) is 0 Å². The molecular formula is C29H44BN5O4Si. The molecule has 2 aliphatic heterocycles. The van der Waals surface area contributed by atoms with Crippen molar-refractivity contribution in [3.8, 4) is 6.07 Å². The van der Waals surface area contributed by atoms with E-state index < -0.39 is 15.4 Å². The van der Waals surface area contributed by atoms with Gasteiger partial charge in [-0.1, -0.05) is 40.7 Å². The Kier molecular flexibility index (Phi) is 9.27. The number of hydrogen-bond acceptors (Lipinski definition) is 9. The van der Waals surface area contributed by atoms with Crippen LogP contribution in [0.25, 0.3) is 0 Å². The molecule has 2 fully saturated rings. The maximum absolute atomic E-state index is 9.55. The van der Waals surface area contributed by atoms with E-state index in [4.69, 9.17) is 23.5 Å². The molecule has 0 saturated carbocycles. The van der Waals surface area contributed by atoms with Crippen molar-refractivity contribution in [2.24, 2.45) is 11.3 Å². The van der Waals surface area contributed by atoms with E-state index in [1.54, 1.807) is 6.20 Å². The van der Waals surface area contributed by atoms with Gasteiger partial charge in [0.25, 0.3) is 0 Å². The highest BCUT2D eigenvalue weighted by atomic mass is 28.4. The lowest BCUT2D eigenvalue weighted by Gasteiger charge is -2.37. The fourth-order valence-corrected chi connectivity index (χ4v) is 5.32. The Morgan fingerprint density at radius 1 is 1.23 bits per heavy atom. The molecule has 0 aliphatic carbocycles. The van der Waals surface area contributed by atoms with Crippen LogP contribution in [0.2, 0.25) is 18.1 Å². The number of nitriles is 1. The lowest BCUT2D eigenvalue weighted by atomic mass is 9.73. The summed E-state index contributed by atoms with van der Waals surface area (Å²) in [5.41, 5.74) is 3.73. The van der Waals surface area contributed by atoms with Crippen LogP contribution in [0, 0.1) is 29.6 Å². The number of ether oxygens (including phenoxy) is 1. The molecule has 0 amide bonds. The number of aryl methyl sites for hydroxylation is 1. The lowest BCUT2D eigenvalue weighted by molar-refractivity contribution is 0.0341. The van der Waals surface area contributed by atoms with Crippen LogP contribution in [0.15, 0.2) is 24.4 Å². The fourth-order valence-electron chi connectivity index (χ4n) is 4.37. The molecule has 4 rings (SSSR count). The first-order valence-electron chi connectivity index (χ1n) is 14.1. The van der Waals surface area contributed by atoms with Gasteiger partial charge < -0.3 is 29.1 Å². The van der Waals surface area contributed by atoms with Crippen LogP contribution in [0.1, 0.15) is 52.2 Å². The van der Waals surface area contributed by atoms with Gasteiger partial charge in [0.05, 0.1) is 31.2 Å². The Balaban J connectivity index is 1.57. The van der Waals surface area contributed by atoms with Crippen LogP contribution in [-0.2, 0) is 25.1 Å². The van der Waals surface area contributed by atoms with Crippen molar-refractivity contribution in [2.75, 3.05) is 37.1 Å². The fraction of sp³-hybridized carbons (Fsp3) is 0.621. The van der Waals surface area contributed by atoms with Gasteiger partial charge in [-0.2, -0.15) is 10.2 Å². The molecule has 11 heteroatoms. The van der Waals surface area contributed by atoms with Gasteiger partial charge in [0.15, 0.2) is 8.32 Å². The van der Waals surface area contributed by atoms with Crippen LogP contribution < -0.4 is 16.1 Å². The van der Waals surface area contributed by atoms with Crippen molar-refractivity contribution in [3.63, 3.8) is 0 Å². The van der Waals surface area contributed by atoms with Crippen LogP contribution in [0.4, 0.5) is 17.5 Å². The van der Waals surface area contributed by atoms with Gasteiger partial charge in [-0.25, -0.2) is 4.98 Å². The van der Waals surface area contributed by atoms with Gasteiger partial charge >= 0.3 is 7.12 Å². The zero-order chi connectivity index (χ0) is 29.1. The van der Waals surface area contributed by atoms with E-state index >= 15 is 0 Å². The molecule has 1 aromatic carbocycles. The average molecular weight is 566 g/mol. The Morgan fingerprint density at radius 3 is 2.62 bits per heavy atom. The number of nitrogens with zero attached hydrogens (tertiary/aromatic N) is 3. The Labute approximate surface area is 240 Å². The summed E-state index contributed by atoms with van der Waals surface area (Å²) in [6.45, 7) is 20.3. The van der Waals surface area contributed by atoms with Crippen molar-refractivity contribution in [1.82, 2.24) is 9.97 Å². The second-order valence-corrected chi connectivity index (χ2v) is 18.1. The van der Waals surface area contributed by atoms with E-state index in [9.17, 15) is 5.26 Å².